The number of esters is 6. The van der Waals surface area contributed by atoms with Crippen LogP contribution in [0.5, 0.6) is 34.5 Å². The molecule has 482 valence electrons. The Labute approximate surface area is 550 Å². The molecule has 0 unspecified atom stereocenters. The van der Waals surface area contributed by atoms with E-state index in [1.807, 2.05) is 0 Å². The number of nitrogens with zero attached hydrogens (tertiary/aromatic N) is 6. The lowest BCUT2D eigenvalue weighted by Gasteiger charge is -2.26. The maximum Gasteiger partial charge on any atom is 0.343 e. The van der Waals surface area contributed by atoms with Gasteiger partial charge in [-0.25, -0.2) is 29.1 Å². The highest BCUT2D eigenvalue weighted by Crippen LogP contribution is 2.41. The molecule has 22 nitrogen and oxygen atoms in total. The van der Waals surface area contributed by atoms with Crippen LogP contribution in [0.15, 0.2) is 134 Å². The van der Waals surface area contributed by atoms with Gasteiger partial charge in [0.15, 0.2) is 27.4 Å². The molecule has 6 aromatic rings. The van der Waals surface area contributed by atoms with Gasteiger partial charge in [0.05, 0.1) is 62.6 Å². The Kier molecular flexibility index (Phi) is 28.4. The molecule has 0 aliphatic heterocycles. The fourth-order valence-electron chi connectivity index (χ4n) is 9.10. The Morgan fingerprint density at radius 1 is 0.511 bits per heavy atom. The quantitative estimate of drug-likeness (QED) is 0.00573. The number of anilines is 1. The van der Waals surface area contributed by atoms with Crippen molar-refractivity contribution in [1.82, 2.24) is 9.97 Å². The van der Waals surface area contributed by atoms with E-state index in [0.717, 1.165) is 68.4 Å². The van der Waals surface area contributed by atoms with Crippen LogP contribution in [0.25, 0.3) is 20.4 Å². The van der Waals surface area contributed by atoms with Crippen molar-refractivity contribution in [2.45, 2.75) is 89.9 Å². The summed E-state index contributed by atoms with van der Waals surface area (Å²) in [5.41, 5.74) is 0.856. The standard InChI is InChI=1S/C70H65N7O15S2/c1-3-60(78)87-40-12-8-6-10-38-85-53-28-24-51(25-29-53)67(81)90-56-33-35-58(65-63(56)77-70(94-65)75-36-16-18-48(45-73)46-74)92-69(83)52-26-30-54(31-27-52)84-37-9-5-7-11-39-86-55-32-34-57(64-62(55)76-59(93-64)19-15-17-47(43-71)44-72)91-68(82)50-22-20-49(21-23-50)66(80)89-42-14-13-41-88-61(79)4-2/h3-4,16-18,24-36,49-50H,1-2,5-14,20-23,37-42H2,(H,75,77)/b36-16+. The number of ether oxygens (including phenoxy) is 9. The normalized spacial score (nSPS) is 12.9. The second-order valence-electron chi connectivity index (χ2n) is 20.7. The molecule has 1 fully saturated rings. The Bertz CT molecular complexity index is 4000. The lowest BCUT2D eigenvalue weighted by atomic mass is 9.82. The zero-order valence-electron chi connectivity index (χ0n) is 51.2. The van der Waals surface area contributed by atoms with Crippen molar-refractivity contribution in [1.29, 1.82) is 21.0 Å². The van der Waals surface area contributed by atoms with Crippen LogP contribution in [0.4, 0.5) is 5.13 Å². The van der Waals surface area contributed by atoms with Crippen LogP contribution in [0, 0.1) is 69.0 Å². The molecule has 24 heteroatoms. The van der Waals surface area contributed by atoms with Crippen LogP contribution in [0.3, 0.4) is 0 Å². The van der Waals surface area contributed by atoms with E-state index in [1.54, 1.807) is 84.9 Å². The number of carbonyl (C=O) groups excluding carboxylic acids is 6. The van der Waals surface area contributed by atoms with E-state index < -0.39 is 35.8 Å². The highest BCUT2D eigenvalue weighted by molar-refractivity contribution is 7.22. The van der Waals surface area contributed by atoms with Crippen molar-refractivity contribution >= 4 is 84.1 Å². The highest BCUT2D eigenvalue weighted by atomic mass is 32.1. The number of hydrogen-bond donors (Lipinski definition) is 1. The zero-order valence-corrected chi connectivity index (χ0v) is 52.9. The first-order valence-corrected chi connectivity index (χ1v) is 31.8. The van der Waals surface area contributed by atoms with E-state index in [2.05, 4.69) is 40.3 Å². The third kappa shape index (κ3) is 22.1. The van der Waals surface area contributed by atoms with E-state index in [4.69, 9.17) is 63.7 Å². The molecule has 0 radical (unpaired) electrons. The molecule has 0 bridgehead atoms. The number of nitriles is 4. The van der Waals surface area contributed by atoms with Crippen molar-refractivity contribution in [2.24, 2.45) is 11.8 Å². The van der Waals surface area contributed by atoms with Crippen LogP contribution in [0.1, 0.15) is 116 Å². The second-order valence-corrected chi connectivity index (χ2v) is 22.7. The largest absolute Gasteiger partial charge is 0.494 e. The minimum absolute atomic E-state index is 0.0931. The molecule has 0 amide bonds. The predicted octanol–water partition coefficient (Wildman–Crippen LogP) is 13.0. The number of hydrogen-bond acceptors (Lipinski definition) is 24. The number of fused-ring (bicyclic) bond motifs is 2. The minimum atomic E-state index is -0.672. The maximum absolute atomic E-state index is 13.6. The zero-order chi connectivity index (χ0) is 66.9. The summed E-state index contributed by atoms with van der Waals surface area (Å²) in [6.07, 6.45) is 16.9. The van der Waals surface area contributed by atoms with Crippen LogP contribution in [-0.2, 0) is 33.4 Å². The van der Waals surface area contributed by atoms with E-state index in [1.165, 1.54) is 47.9 Å². The van der Waals surface area contributed by atoms with Crippen LogP contribution < -0.4 is 33.7 Å². The number of unbranched alkanes of at least 4 members (excludes halogenated alkanes) is 7. The molecule has 7 rings (SSSR count). The van der Waals surface area contributed by atoms with Crippen molar-refractivity contribution in [2.75, 3.05) is 45.0 Å². The topological polar surface area (TPSA) is 318 Å². The van der Waals surface area contributed by atoms with Gasteiger partial charge in [-0.15, -0.1) is 11.3 Å². The molecule has 0 saturated heterocycles. The van der Waals surface area contributed by atoms with Gasteiger partial charge in [-0.3, -0.25) is 9.59 Å². The SMILES string of the molecule is C=CC(=O)OCCCCCCOc1ccc(C(=O)Oc2ccc(OC(=O)c3ccc(OCCCCCCOc4ccc(OC(=O)C5CCC(C(=O)OCCCCOC(=O)C=C)CC5)c5sc(C#CC=C(C#N)C#N)nc45)cc3)c3sc(N/C=C/C=C(C#N)C#N)nc23)cc1. The Morgan fingerprint density at radius 2 is 0.968 bits per heavy atom. The van der Waals surface area contributed by atoms with Gasteiger partial charge in [-0.2, -0.15) is 21.0 Å². The number of thiazole rings is 2. The third-order valence-electron chi connectivity index (χ3n) is 14.1. The van der Waals surface area contributed by atoms with Gasteiger partial charge in [0.1, 0.15) is 73.1 Å². The van der Waals surface area contributed by atoms with Crippen molar-refractivity contribution in [3.63, 3.8) is 0 Å². The average molecular weight is 1310 g/mol. The summed E-state index contributed by atoms with van der Waals surface area (Å²) in [5, 5.41) is 40.1. The lowest BCUT2D eigenvalue weighted by molar-refractivity contribution is -0.152. The molecule has 1 saturated carbocycles. The van der Waals surface area contributed by atoms with E-state index >= 15 is 0 Å². The number of allylic oxidation sites excluding steroid dienone is 5. The van der Waals surface area contributed by atoms with Gasteiger partial charge in [-0.05, 0) is 181 Å². The second kappa shape index (κ2) is 37.9. The number of carbonyl (C=O) groups is 6. The summed E-state index contributed by atoms with van der Waals surface area (Å²) in [4.78, 5) is 85.0. The predicted molar refractivity (Wildman–Crippen MR) is 347 cm³/mol. The fourth-order valence-corrected chi connectivity index (χ4v) is 10.9. The van der Waals surface area contributed by atoms with Gasteiger partial charge >= 0.3 is 35.8 Å². The summed E-state index contributed by atoms with van der Waals surface area (Å²) in [7, 11) is 0. The van der Waals surface area contributed by atoms with Crippen LogP contribution >= 0.6 is 22.7 Å². The molecule has 1 N–H and O–H groups in total. The van der Waals surface area contributed by atoms with E-state index in [9.17, 15) is 28.8 Å². The number of rotatable bonds is 34. The number of aromatic nitrogens is 2. The molecule has 2 aromatic heterocycles. The molecule has 0 spiro atoms. The maximum atomic E-state index is 13.6. The Balaban J connectivity index is 0.877. The molecular weight excluding hydrogens is 1240 g/mol. The molecule has 4 aromatic carbocycles. The van der Waals surface area contributed by atoms with Crippen LogP contribution in [0.2, 0.25) is 0 Å². The first-order chi connectivity index (χ1) is 45.8. The number of benzene rings is 4. The number of nitrogens with one attached hydrogen (secondary N) is 1. The summed E-state index contributed by atoms with van der Waals surface area (Å²) >= 11 is 2.28. The lowest BCUT2D eigenvalue weighted by Crippen LogP contribution is -2.29. The van der Waals surface area contributed by atoms with Gasteiger partial charge in [0.25, 0.3) is 0 Å². The molecule has 94 heavy (non-hydrogen) atoms. The first-order valence-electron chi connectivity index (χ1n) is 30.2. The van der Waals surface area contributed by atoms with Crippen molar-refractivity contribution in [3.8, 4) is 70.6 Å². The van der Waals surface area contributed by atoms with Gasteiger partial charge < -0.3 is 47.9 Å². The molecule has 1 aliphatic rings. The highest BCUT2D eigenvalue weighted by Gasteiger charge is 2.33. The molecular formula is C70H65N7O15S2. The van der Waals surface area contributed by atoms with E-state index in [-0.39, 0.29) is 70.1 Å². The minimum Gasteiger partial charge on any atom is -0.494 e. The molecule has 2 heterocycles. The third-order valence-corrected chi connectivity index (χ3v) is 16.0. The van der Waals surface area contributed by atoms with Crippen LogP contribution in [-0.4, -0.2) is 85.4 Å². The molecule has 1 aliphatic carbocycles. The molecule has 0 atom stereocenters. The average Bonchev–Trinajstić information content (AvgIpc) is 1.65. The van der Waals surface area contributed by atoms with Crippen molar-refractivity contribution < 1.29 is 71.4 Å². The Morgan fingerprint density at radius 3 is 1.52 bits per heavy atom. The van der Waals surface area contributed by atoms with Crippen molar-refractivity contribution in [3.05, 3.63) is 150 Å². The summed E-state index contributed by atoms with van der Waals surface area (Å²) < 4.78 is 52.0. The Hall–Kier alpha value is -11.1. The van der Waals surface area contributed by atoms with Gasteiger partial charge in [0, 0.05) is 24.4 Å². The van der Waals surface area contributed by atoms with Gasteiger partial charge in [-0.1, -0.05) is 30.4 Å². The van der Waals surface area contributed by atoms with Gasteiger partial charge in [0.2, 0.25) is 0 Å². The fraction of sp³-hybridized carbons (Fsp3) is 0.314. The summed E-state index contributed by atoms with van der Waals surface area (Å²) in [6, 6.07) is 26.4. The summed E-state index contributed by atoms with van der Waals surface area (Å²) in [6.45, 7) is 8.69. The van der Waals surface area contributed by atoms with E-state index in [0.29, 0.717) is 114 Å². The summed E-state index contributed by atoms with van der Waals surface area (Å²) in [5.74, 6) is 3.79. The first kappa shape index (κ1) is 70.4. The monoisotopic (exact) mass is 1310 g/mol. The smallest absolute Gasteiger partial charge is 0.343 e.